The predicted octanol–water partition coefficient (Wildman–Crippen LogP) is 4.84. The Bertz CT molecular complexity index is 821. The number of alkyl halides is 4. The molecule has 1 aliphatic heterocycles. The first-order valence-electron chi connectivity index (χ1n) is 11.9. The Hall–Kier alpha value is -2.10. The number of aromatic nitrogens is 1. The Labute approximate surface area is 198 Å². The molecule has 1 aromatic heterocycles. The molecule has 0 spiro atoms. The van der Waals surface area contributed by atoms with Crippen molar-refractivity contribution in [3.63, 3.8) is 0 Å². The third kappa shape index (κ3) is 8.60. The van der Waals surface area contributed by atoms with Gasteiger partial charge in [-0.3, -0.25) is 4.90 Å². The Balaban J connectivity index is 1.43. The molecule has 6 nitrogen and oxygen atoms in total. The zero-order valence-electron chi connectivity index (χ0n) is 20.1. The number of ether oxygens (including phenoxy) is 2. The fraction of sp³-hybridized carbons (Fsp3) is 0.750. The molecule has 192 valence electrons. The van der Waals surface area contributed by atoms with Gasteiger partial charge in [0.2, 0.25) is 5.88 Å². The van der Waals surface area contributed by atoms with E-state index in [4.69, 9.17) is 9.47 Å². The minimum Gasteiger partial charge on any atom is -0.468 e. The molecule has 3 rings (SSSR count). The second kappa shape index (κ2) is 11.1. The summed E-state index contributed by atoms with van der Waals surface area (Å²) in [5, 5.41) is 2.88. The van der Waals surface area contributed by atoms with Gasteiger partial charge in [0.1, 0.15) is 11.8 Å². The van der Waals surface area contributed by atoms with Gasteiger partial charge in [0, 0.05) is 43.9 Å². The van der Waals surface area contributed by atoms with Crippen LogP contribution in [-0.2, 0) is 17.6 Å². The van der Waals surface area contributed by atoms with Crippen LogP contribution in [-0.4, -0.2) is 66.2 Å². The number of alkyl carbamates (subject to hydrolysis) is 1. The van der Waals surface area contributed by atoms with Crippen LogP contribution >= 0.6 is 0 Å². The molecule has 1 atom stereocenters. The summed E-state index contributed by atoms with van der Waals surface area (Å²) >= 11 is 0. The van der Waals surface area contributed by atoms with E-state index >= 15 is 4.39 Å². The fourth-order valence-corrected chi connectivity index (χ4v) is 4.52. The minimum absolute atomic E-state index is 0.00539. The molecule has 1 fully saturated rings. The molecule has 10 heteroatoms. The molecular formula is C24H35F4N3O3. The molecule has 1 amide bonds. The van der Waals surface area contributed by atoms with Gasteiger partial charge >= 0.3 is 12.3 Å². The molecule has 0 unspecified atom stereocenters. The lowest BCUT2D eigenvalue weighted by Gasteiger charge is -2.33. The SMILES string of the molecule is CC(C)(C)OC(=O)NC1CCC([C@@H](F)CN2CCc3ccc(OCC(F)(F)F)nc3CC2)CC1. The number of carbonyl (C=O) groups is 1. The lowest BCUT2D eigenvalue weighted by atomic mass is 9.83. The lowest BCUT2D eigenvalue weighted by Crippen LogP contribution is -2.43. The Morgan fingerprint density at radius 3 is 2.47 bits per heavy atom. The maximum atomic E-state index is 15.1. The highest BCUT2D eigenvalue weighted by Gasteiger charge is 2.31. The van der Waals surface area contributed by atoms with Crippen molar-refractivity contribution in [2.75, 3.05) is 26.2 Å². The molecule has 1 N–H and O–H groups in total. The van der Waals surface area contributed by atoms with Crippen LogP contribution in [0.15, 0.2) is 12.1 Å². The van der Waals surface area contributed by atoms with Gasteiger partial charge in [0.15, 0.2) is 6.61 Å². The highest BCUT2D eigenvalue weighted by molar-refractivity contribution is 5.68. The van der Waals surface area contributed by atoms with Crippen LogP contribution in [0.2, 0.25) is 0 Å². The fourth-order valence-electron chi connectivity index (χ4n) is 4.52. The molecule has 34 heavy (non-hydrogen) atoms. The molecule has 2 aliphatic rings. The van der Waals surface area contributed by atoms with E-state index in [9.17, 15) is 18.0 Å². The van der Waals surface area contributed by atoms with E-state index in [1.807, 2.05) is 20.8 Å². The van der Waals surface area contributed by atoms with E-state index in [2.05, 4.69) is 15.2 Å². The van der Waals surface area contributed by atoms with E-state index in [1.165, 1.54) is 6.07 Å². The van der Waals surface area contributed by atoms with Gasteiger partial charge in [-0.15, -0.1) is 0 Å². The summed E-state index contributed by atoms with van der Waals surface area (Å²) < 4.78 is 62.3. The average molecular weight is 490 g/mol. The number of nitrogens with zero attached hydrogens (tertiary/aromatic N) is 2. The summed E-state index contributed by atoms with van der Waals surface area (Å²) in [6.45, 7) is 5.66. The van der Waals surface area contributed by atoms with Crippen LogP contribution in [0.3, 0.4) is 0 Å². The summed E-state index contributed by atoms with van der Waals surface area (Å²) in [5.74, 6) is -0.0903. The van der Waals surface area contributed by atoms with Crippen molar-refractivity contribution >= 4 is 6.09 Å². The third-order valence-electron chi connectivity index (χ3n) is 6.23. The van der Waals surface area contributed by atoms with Crippen molar-refractivity contribution in [1.82, 2.24) is 15.2 Å². The smallest absolute Gasteiger partial charge is 0.422 e. The van der Waals surface area contributed by atoms with Gasteiger partial charge in [0.25, 0.3) is 0 Å². The van der Waals surface area contributed by atoms with Gasteiger partial charge < -0.3 is 14.8 Å². The summed E-state index contributed by atoms with van der Waals surface area (Å²) in [6.07, 6.45) is -1.75. The second-order valence-corrected chi connectivity index (χ2v) is 10.2. The van der Waals surface area contributed by atoms with Crippen LogP contribution in [0.25, 0.3) is 0 Å². The topological polar surface area (TPSA) is 63.7 Å². The Morgan fingerprint density at radius 2 is 1.82 bits per heavy atom. The first-order valence-corrected chi connectivity index (χ1v) is 11.9. The van der Waals surface area contributed by atoms with Crippen molar-refractivity contribution in [1.29, 1.82) is 0 Å². The summed E-state index contributed by atoms with van der Waals surface area (Å²) in [5.41, 5.74) is 1.13. The van der Waals surface area contributed by atoms with Gasteiger partial charge in [-0.25, -0.2) is 14.2 Å². The average Bonchev–Trinajstić information content (AvgIpc) is 2.93. The van der Waals surface area contributed by atoms with Crippen molar-refractivity contribution < 1.29 is 31.8 Å². The van der Waals surface area contributed by atoms with Crippen LogP contribution in [0.4, 0.5) is 22.4 Å². The van der Waals surface area contributed by atoms with Gasteiger partial charge in [-0.1, -0.05) is 6.07 Å². The van der Waals surface area contributed by atoms with Gasteiger partial charge in [-0.05, 0) is 64.4 Å². The maximum absolute atomic E-state index is 15.1. The lowest BCUT2D eigenvalue weighted by molar-refractivity contribution is -0.154. The molecule has 0 saturated heterocycles. The van der Waals surface area contributed by atoms with E-state index in [0.29, 0.717) is 51.0 Å². The van der Waals surface area contributed by atoms with Crippen LogP contribution < -0.4 is 10.1 Å². The van der Waals surface area contributed by atoms with Crippen molar-refractivity contribution in [2.24, 2.45) is 5.92 Å². The first-order chi connectivity index (χ1) is 15.9. The summed E-state index contributed by atoms with van der Waals surface area (Å²) in [7, 11) is 0. The highest BCUT2D eigenvalue weighted by atomic mass is 19.4. The van der Waals surface area contributed by atoms with Crippen molar-refractivity contribution in [2.45, 2.75) is 83.3 Å². The number of hydrogen-bond acceptors (Lipinski definition) is 5. The minimum atomic E-state index is -4.41. The standard InChI is InChI=1S/C24H35F4N3O3/c1-23(2,3)34-22(32)29-18-7-4-16(5-8-18)19(25)14-31-12-10-17-6-9-21(30-20(17)11-13-31)33-15-24(26,27)28/h6,9,16,18-19H,4-5,7-8,10-15H2,1-3H3,(H,29,32)/t16?,18?,19-/m0/s1. The third-order valence-corrected chi connectivity index (χ3v) is 6.23. The highest BCUT2D eigenvalue weighted by Crippen LogP contribution is 2.30. The van der Waals surface area contributed by atoms with Crippen molar-refractivity contribution in [3.8, 4) is 5.88 Å². The second-order valence-electron chi connectivity index (χ2n) is 10.2. The molecule has 1 aliphatic carbocycles. The zero-order chi connectivity index (χ0) is 24.9. The van der Waals surface area contributed by atoms with Gasteiger partial charge in [-0.2, -0.15) is 13.2 Å². The van der Waals surface area contributed by atoms with Crippen LogP contribution in [0.1, 0.15) is 57.7 Å². The van der Waals surface area contributed by atoms with E-state index in [0.717, 1.165) is 18.4 Å². The van der Waals surface area contributed by atoms with Crippen LogP contribution in [0.5, 0.6) is 5.88 Å². The number of carbonyl (C=O) groups excluding carboxylic acids is 1. The molecule has 0 radical (unpaired) electrons. The predicted molar refractivity (Wildman–Crippen MR) is 120 cm³/mol. The quantitative estimate of drug-likeness (QED) is 0.579. The first kappa shape index (κ1) is 26.5. The largest absolute Gasteiger partial charge is 0.468 e. The molecule has 1 aromatic rings. The van der Waals surface area contributed by atoms with E-state index < -0.39 is 30.6 Å². The van der Waals surface area contributed by atoms with Crippen molar-refractivity contribution in [3.05, 3.63) is 23.4 Å². The van der Waals surface area contributed by atoms with E-state index in [1.54, 1.807) is 6.07 Å². The Kier molecular flexibility index (Phi) is 8.65. The van der Waals surface area contributed by atoms with Crippen LogP contribution in [0, 0.1) is 5.92 Å². The Morgan fingerprint density at radius 1 is 1.15 bits per heavy atom. The number of hydrogen-bond donors (Lipinski definition) is 1. The van der Waals surface area contributed by atoms with E-state index in [-0.39, 0.29) is 17.8 Å². The summed E-state index contributed by atoms with van der Waals surface area (Å²) in [4.78, 5) is 18.3. The molecule has 2 heterocycles. The number of rotatable bonds is 6. The zero-order valence-corrected chi connectivity index (χ0v) is 20.1. The molecular weight excluding hydrogens is 454 g/mol. The number of amides is 1. The number of nitrogens with one attached hydrogen (secondary N) is 1. The molecule has 0 aromatic carbocycles. The molecule has 0 bridgehead atoms. The molecule has 1 saturated carbocycles. The maximum Gasteiger partial charge on any atom is 0.422 e. The number of fused-ring (bicyclic) bond motifs is 1. The monoisotopic (exact) mass is 489 g/mol. The number of pyridine rings is 1. The van der Waals surface area contributed by atoms with Gasteiger partial charge in [0.05, 0.1) is 0 Å². The number of halogens is 4. The summed E-state index contributed by atoms with van der Waals surface area (Å²) in [6, 6.07) is 3.22. The normalized spacial score (nSPS) is 22.9.